The number of nitrogens with one attached hydrogen (secondary N) is 1. The number of aromatic nitrogens is 4. The van der Waals surface area contributed by atoms with Crippen molar-refractivity contribution < 1.29 is 0 Å². The van der Waals surface area contributed by atoms with Crippen molar-refractivity contribution in [2.24, 2.45) is 9.98 Å². The van der Waals surface area contributed by atoms with Gasteiger partial charge in [0, 0.05) is 33.8 Å². The summed E-state index contributed by atoms with van der Waals surface area (Å²) in [4.78, 5) is 21.2. The molecule has 56 heavy (non-hydrogen) atoms. The van der Waals surface area contributed by atoms with Crippen LogP contribution in [0.2, 0.25) is 0 Å². The van der Waals surface area contributed by atoms with Crippen molar-refractivity contribution >= 4 is 61.2 Å². The van der Waals surface area contributed by atoms with Gasteiger partial charge in [-0.25, -0.2) is 15.0 Å². The lowest BCUT2D eigenvalue weighted by atomic mass is 9.96. The Hall–Kier alpha value is -7.38. The molecule has 7 heteroatoms. The van der Waals surface area contributed by atoms with Gasteiger partial charge in [-0.1, -0.05) is 121 Å². The molecule has 1 unspecified atom stereocenters. The second kappa shape index (κ2) is 13.2. The lowest BCUT2D eigenvalue weighted by molar-refractivity contribution is 0.575. The highest BCUT2D eigenvalue weighted by Gasteiger charge is 2.27. The van der Waals surface area contributed by atoms with Gasteiger partial charge >= 0.3 is 0 Å². The molecule has 0 radical (unpaired) electrons. The molecule has 0 spiro atoms. The number of para-hydroxylation sites is 2. The Labute approximate surface area is 323 Å². The molecule has 266 valence electrons. The molecule has 1 N–H and O–H groups in total. The van der Waals surface area contributed by atoms with Gasteiger partial charge in [0.1, 0.15) is 28.4 Å². The summed E-state index contributed by atoms with van der Waals surface area (Å²) in [5, 5.41) is 5.86. The minimum Gasteiger partial charge on any atom is -0.324 e. The van der Waals surface area contributed by atoms with Crippen molar-refractivity contribution in [2.75, 3.05) is 0 Å². The maximum absolute atomic E-state index is 5.45. The van der Waals surface area contributed by atoms with Gasteiger partial charge in [-0.2, -0.15) is 0 Å². The first-order chi connectivity index (χ1) is 27.8. The highest BCUT2D eigenvalue weighted by molar-refractivity contribution is 6.17. The van der Waals surface area contributed by atoms with E-state index < -0.39 is 6.29 Å². The van der Waals surface area contributed by atoms with Crippen molar-refractivity contribution in [1.29, 1.82) is 0 Å². The first-order valence-electron chi connectivity index (χ1n) is 19.1. The molecule has 1 aliphatic carbocycles. The lowest BCUT2D eigenvalue weighted by Gasteiger charge is -2.24. The van der Waals surface area contributed by atoms with Crippen molar-refractivity contribution in [3.63, 3.8) is 0 Å². The predicted octanol–water partition coefficient (Wildman–Crippen LogP) is 11.0. The minimum atomic E-state index is -0.645. The van der Waals surface area contributed by atoms with Gasteiger partial charge in [0.2, 0.25) is 6.29 Å². The number of benzene rings is 5. The second-order valence-electron chi connectivity index (χ2n) is 14.3. The number of pyridine rings is 2. The third-order valence-corrected chi connectivity index (χ3v) is 10.9. The van der Waals surface area contributed by atoms with Crippen LogP contribution in [0.5, 0.6) is 0 Å². The Morgan fingerprint density at radius 3 is 2.02 bits per heavy atom. The van der Waals surface area contributed by atoms with Crippen LogP contribution >= 0.6 is 0 Å². The van der Waals surface area contributed by atoms with Crippen molar-refractivity contribution in [3.05, 3.63) is 193 Å². The summed E-state index contributed by atoms with van der Waals surface area (Å²) in [5.74, 6) is 1.50. The summed E-state index contributed by atoms with van der Waals surface area (Å²) < 4.78 is 4.45. The zero-order chi connectivity index (χ0) is 37.0. The molecule has 0 amide bonds. The standard InChI is InChI=1S/C49H35N7/c1-4-15-32(16-5-1)34-19-12-21-36(29-34)46-52-47(37-22-13-20-35(30-37)33-17-6-2-7-18-33)54-49(53-46)56-42-27-14-28-50-44(42)45-43(56)31-40-39-25-10-11-26-41(39)55(48(40)51-45)38-23-8-3-9-24-38/h1-6,8-17,19-31,49H,7,18H2,(H,52,53,54). The summed E-state index contributed by atoms with van der Waals surface area (Å²) in [7, 11) is 0. The van der Waals surface area contributed by atoms with Gasteiger partial charge in [-0.15, -0.1) is 0 Å². The maximum Gasteiger partial charge on any atom is 0.225 e. The fraction of sp³-hybridized carbons (Fsp3) is 0.0612. The van der Waals surface area contributed by atoms with E-state index in [4.69, 9.17) is 20.0 Å². The number of nitrogens with zero attached hydrogens (tertiary/aromatic N) is 6. The quantitative estimate of drug-likeness (QED) is 0.186. The average Bonchev–Trinajstić information content (AvgIpc) is 3.78. The van der Waals surface area contributed by atoms with Gasteiger partial charge in [0.05, 0.1) is 16.6 Å². The number of rotatable bonds is 6. The van der Waals surface area contributed by atoms with Gasteiger partial charge in [-0.05, 0) is 83.6 Å². The molecule has 5 heterocycles. The van der Waals surface area contributed by atoms with Crippen LogP contribution < -0.4 is 5.32 Å². The van der Waals surface area contributed by atoms with E-state index in [0.29, 0.717) is 0 Å². The summed E-state index contributed by atoms with van der Waals surface area (Å²) in [6.07, 6.45) is 9.84. The van der Waals surface area contributed by atoms with E-state index in [0.717, 1.165) is 96.5 Å². The summed E-state index contributed by atoms with van der Waals surface area (Å²) in [6.45, 7) is 0. The van der Waals surface area contributed by atoms with Crippen LogP contribution in [-0.2, 0) is 0 Å². The number of hydrogen-bond acceptors (Lipinski definition) is 5. The number of aliphatic imine (C=N–C) groups is 2. The predicted molar refractivity (Wildman–Crippen MR) is 229 cm³/mol. The molecule has 11 rings (SSSR count). The Morgan fingerprint density at radius 2 is 1.23 bits per heavy atom. The first kappa shape index (κ1) is 32.1. The number of allylic oxidation sites excluding steroid dienone is 4. The Bertz CT molecular complexity index is 3110. The molecule has 0 fully saturated rings. The minimum absolute atomic E-state index is 0.645. The number of fused-ring (bicyclic) bond motifs is 6. The van der Waals surface area contributed by atoms with Gasteiger partial charge in [0.25, 0.3) is 0 Å². The first-order valence-corrected chi connectivity index (χ1v) is 19.1. The average molecular weight is 722 g/mol. The SMILES string of the molecule is C1=CCCC(c2cccc(C3=NC(n4c5cccnc5c5nc6c(cc54)c4ccccc4n6-c4ccccc4)N=C(c4cccc(-c5ccccc5)c4)N3)c2)=C1. The fourth-order valence-electron chi connectivity index (χ4n) is 8.25. The second-order valence-corrected chi connectivity index (χ2v) is 14.3. The molecular weight excluding hydrogens is 687 g/mol. The van der Waals surface area contributed by atoms with Crippen molar-refractivity contribution in [3.8, 4) is 16.8 Å². The molecule has 1 aliphatic heterocycles. The summed E-state index contributed by atoms with van der Waals surface area (Å²) in [6, 6.07) is 53.0. The molecule has 5 aromatic carbocycles. The molecule has 0 saturated heterocycles. The maximum atomic E-state index is 5.45. The zero-order valence-corrected chi connectivity index (χ0v) is 30.4. The van der Waals surface area contributed by atoms with Crippen molar-refractivity contribution in [1.82, 2.24) is 24.4 Å². The van der Waals surface area contributed by atoms with Gasteiger partial charge in [0.15, 0.2) is 0 Å². The highest BCUT2D eigenvalue weighted by Crippen LogP contribution is 2.38. The molecule has 9 aromatic rings. The molecular formula is C49H35N7. The smallest absolute Gasteiger partial charge is 0.225 e. The normalized spacial score (nSPS) is 15.6. The van der Waals surface area contributed by atoms with E-state index in [1.165, 1.54) is 11.1 Å². The molecule has 4 aromatic heterocycles. The molecule has 0 saturated carbocycles. The molecule has 2 aliphatic rings. The molecule has 7 nitrogen and oxygen atoms in total. The monoisotopic (exact) mass is 721 g/mol. The van der Waals surface area contributed by atoms with Crippen LogP contribution in [0.15, 0.2) is 186 Å². The molecule has 0 bridgehead atoms. The van der Waals surface area contributed by atoms with Crippen LogP contribution in [0.1, 0.15) is 35.8 Å². The molecule has 1 atom stereocenters. The van der Waals surface area contributed by atoms with E-state index in [1.807, 2.05) is 24.4 Å². The third-order valence-electron chi connectivity index (χ3n) is 10.9. The van der Waals surface area contributed by atoms with Crippen LogP contribution in [-0.4, -0.2) is 30.8 Å². The lowest BCUT2D eigenvalue weighted by Crippen LogP contribution is -2.37. The topological polar surface area (TPSA) is 72.4 Å². The third kappa shape index (κ3) is 5.35. The van der Waals surface area contributed by atoms with Gasteiger partial charge < -0.3 is 5.32 Å². The number of amidine groups is 2. The van der Waals surface area contributed by atoms with Crippen LogP contribution in [0.4, 0.5) is 0 Å². The zero-order valence-electron chi connectivity index (χ0n) is 30.4. The van der Waals surface area contributed by atoms with E-state index in [-0.39, 0.29) is 0 Å². The Morgan fingerprint density at radius 1 is 0.554 bits per heavy atom. The highest BCUT2D eigenvalue weighted by atomic mass is 15.3. The summed E-state index contributed by atoms with van der Waals surface area (Å²) in [5.41, 5.74) is 13.3. The van der Waals surface area contributed by atoms with Crippen LogP contribution in [0, 0.1) is 0 Å². The number of hydrogen-bond donors (Lipinski definition) is 1. The Balaban J connectivity index is 1.15. The van der Waals surface area contributed by atoms with E-state index in [2.05, 4.69) is 166 Å². The van der Waals surface area contributed by atoms with Crippen LogP contribution in [0.25, 0.3) is 66.4 Å². The van der Waals surface area contributed by atoms with E-state index >= 15 is 0 Å². The van der Waals surface area contributed by atoms with E-state index in [9.17, 15) is 0 Å². The Kier molecular flexibility index (Phi) is 7.55. The van der Waals surface area contributed by atoms with Gasteiger partial charge in [-0.3, -0.25) is 14.1 Å². The largest absolute Gasteiger partial charge is 0.324 e. The fourth-order valence-corrected chi connectivity index (χ4v) is 8.25. The van der Waals surface area contributed by atoms with E-state index in [1.54, 1.807) is 0 Å². The summed E-state index contributed by atoms with van der Waals surface area (Å²) >= 11 is 0. The van der Waals surface area contributed by atoms with Crippen LogP contribution in [0.3, 0.4) is 0 Å². The van der Waals surface area contributed by atoms with Crippen molar-refractivity contribution in [2.45, 2.75) is 19.1 Å².